The second-order valence-corrected chi connectivity index (χ2v) is 5.19. The van der Waals surface area contributed by atoms with Crippen LogP contribution in [0.25, 0.3) is 5.69 Å². The van der Waals surface area contributed by atoms with E-state index in [2.05, 4.69) is 15.5 Å². The van der Waals surface area contributed by atoms with E-state index in [1.807, 2.05) is 31.2 Å². The Morgan fingerprint density at radius 2 is 1.65 bits per heavy atom. The summed E-state index contributed by atoms with van der Waals surface area (Å²) >= 11 is 0. The molecular weight excluding hydrogens is 336 g/mol. The minimum absolute atomic E-state index is 0.154. The summed E-state index contributed by atoms with van der Waals surface area (Å²) < 4.78 is 17.6. The Balaban J connectivity index is 1.43. The fraction of sp³-hybridized carbons (Fsp3) is 0.222. The third kappa shape index (κ3) is 4.56. The van der Waals surface area contributed by atoms with Crippen molar-refractivity contribution in [2.24, 2.45) is 0 Å². The quantitative estimate of drug-likeness (QED) is 0.453. The van der Waals surface area contributed by atoms with Crippen molar-refractivity contribution >= 4 is 5.97 Å². The summed E-state index contributed by atoms with van der Waals surface area (Å²) in [4.78, 5) is 12.0. The van der Waals surface area contributed by atoms with Gasteiger partial charge in [-0.2, -0.15) is 0 Å². The highest BCUT2D eigenvalue weighted by Crippen LogP contribution is 2.17. The van der Waals surface area contributed by atoms with Crippen molar-refractivity contribution in [1.29, 1.82) is 0 Å². The van der Waals surface area contributed by atoms with E-state index in [9.17, 15) is 4.79 Å². The normalized spacial score (nSPS) is 10.3. The lowest BCUT2D eigenvalue weighted by Gasteiger charge is -2.09. The largest absolute Gasteiger partial charge is 0.494 e. The van der Waals surface area contributed by atoms with Crippen molar-refractivity contribution < 1.29 is 19.0 Å². The topological polar surface area (TPSA) is 88.4 Å². The molecule has 2 aromatic carbocycles. The third-order valence-corrected chi connectivity index (χ3v) is 3.44. The average molecular weight is 354 g/mol. The molecule has 0 fully saturated rings. The Morgan fingerprint density at radius 1 is 0.962 bits per heavy atom. The maximum Gasteiger partial charge on any atom is 0.338 e. The molecule has 0 bridgehead atoms. The first-order valence-electron chi connectivity index (χ1n) is 8.12. The summed E-state index contributed by atoms with van der Waals surface area (Å²) in [6.45, 7) is 2.97. The molecule has 0 saturated heterocycles. The molecule has 0 aliphatic carbocycles. The minimum atomic E-state index is -0.413. The molecule has 8 nitrogen and oxygen atoms in total. The van der Waals surface area contributed by atoms with Gasteiger partial charge in [0.05, 0.1) is 17.9 Å². The van der Waals surface area contributed by atoms with Gasteiger partial charge in [0.1, 0.15) is 31.0 Å². The first kappa shape index (κ1) is 17.4. The zero-order valence-electron chi connectivity index (χ0n) is 14.2. The molecule has 1 heterocycles. The van der Waals surface area contributed by atoms with Crippen LogP contribution in [0, 0.1) is 0 Å². The molecule has 0 aliphatic heterocycles. The molecule has 0 saturated carbocycles. The number of tetrazole rings is 1. The number of hydrogen-bond donors (Lipinski definition) is 0. The van der Waals surface area contributed by atoms with Gasteiger partial charge in [0.2, 0.25) is 0 Å². The van der Waals surface area contributed by atoms with E-state index in [-0.39, 0.29) is 13.2 Å². The summed E-state index contributed by atoms with van der Waals surface area (Å²) in [6.07, 6.45) is 1.48. The fourth-order valence-corrected chi connectivity index (χ4v) is 2.21. The Morgan fingerprint density at radius 3 is 2.27 bits per heavy atom. The number of nitrogens with zero attached hydrogens (tertiary/aromatic N) is 4. The predicted molar refractivity (Wildman–Crippen MR) is 92.5 cm³/mol. The van der Waals surface area contributed by atoms with Crippen molar-refractivity contribution in [2.45, 2.75) is 6.92 Å². The van der Waals surface area contributed by atoms with Gasteiger partial charge >= 0.3 is 5.97 Å². The van der Waals surface area contributed by atoms with E-state index in [0.717, 1.165) is 11.4 Å². The minimum Gasteiger partial charge on any atom is -0.494 e. The van der Waals surface area contributed by atoms with Crippen molar-refractivity contribution in [3.05, 3.63) is 60.4 Å². The molecule has 0 unspecified atom stereocenters. The van der Waals surface area contributed by atoms with Crippen LogP contribution in [0.1, 0.15) is 17.3 Å². The molecule has 134 valence electrons. The second kappa shape index (κ2) is 8.61. The van der Waals surface area contributed by atoms with E-state index in [1.54, 1.807) is 24.3 Å². The van der Waals surface area contributed by atoms with Gasteiger partial charge in [0.15, 0.2) is 0 Å². The lowest BCUT2D eigenvalue weighted by atomic mass is 10.2. The van der Waals surface area contributed by atoms with Crippen molar-refractivity contribution in [1.82, 2.24) is 20.2 Å². The van der Waals surface area contributed by atoms with Crippen molar-refractivity contribution in [3.63, 3.8) is 0 Å². The van der Waals surface area contributed by atoms with Gasteiger partial charge in [-0.3, -0.25) is 0 Å². The molecule has 1 aromatic heterocycles. The van der Waals surface area contributed by atoms with Crippen LogP contribution >= 0.6 is 0 Å². The standard InChI is InChI=1S/C18H18N4O4/c1-2-24-16-7-9-17(10-8-16)25-11-12-26-18(23)14-3-5-15(6-4-14)22-13-19-20-21-22/h3-10,13H,2,11-12H2,1H3. The highest BCUT2D eigenvalue weighted by molar-refractivity contribution is 5.89. The number of carbonyl (C=O) groups excluding carboxylic acids is 1. The average Bonchev–Trinajstić information content (AvgIpc) is 3.21. The molecular formula is C18H18N4O4. The van der Waals surface area contributed by atoms with E-state index in [4.69, 9.17) is 14.2 Å². The molecule has 3 aromatic rings. The van der Waals surface area contributed by atoms with E-state index in [1.165, 1.54) is 11.0 Å². The summed E-state index contributed by atoms with van der Waals surface area (Å²) in [5, 5.41) is 10.9. The molecule has 0 atom stereocenters. The zero-order valence-corrected chi connectivity index (χ0v) is 14.2. The monoisotopic (exact) mass is 354 g/mol. The van der Waals surface area contributed by atoms with Crippen LogP contribution in [-0.2, 0) is 4.74 Å². The first-order chi connectivity index (χ1) is 12.8. The lowest BCUT2D eigenvalue weighted by Crippen LogP contribution is -2.12. The number of aromatic nitrogens is 4. The van der Waals surface area contributed by atoms with Gasteiger partial charge in [-0.05, 0) is 65.9 Å². The van der Waals surface area contributed by atoms with Gasteiger partial charge in [0, 0.05) is 0 Å². The van der Waals surface area contributed by atoms with Gasteiger partial charge in [-0.15, -0.1) is 5.10 Å². The third-order valence-electron chi connectivity index (χ3n) is 3.44. The first-order valence-corrected chi connectivity index (χ1v) is 8.12. The van der Waals surface area contributed by atoms with Crippen molar-refractivity contribution in [2.75, 3.05) is 19.8 Å². The highest BCUT2D eigenvalue weighted by atomic mass is 16.6. The number of esters is 1. The van der Waals surface area contributed by atoms with Gasteiger partial charge in [-0.25, -0.2) is 9.48 Å². The SMILES string of the molecule is CCOc1ccc(OCCOC(=O)c2ccc(-n3cnnn3)cc2)cc1. The number of rotatable bonds is 8. The summed E-state index contributed by atoms with van der Waals surface area (Å²) in [5.41, 5.74) is 1.20. The summed E-state index contributed by atoms with van der Waals surface area (Å²) in [5.74, 6) is 1.07. The van der Waals surface area contributed by atoms with Crippen LogP contribution in [0.4, 0.5) is 0 Å². The maximum absolute atomic E-state index is 12.0. The van der Waals surface area contributed by atoms with Gasteiger partial charge in [0.25, 0.3) is 0 Å². The summed E-state index contributed by atoms with van der Waals surface area (Å²) in [7, 11) is 0. The predicted octanol–water partition coefficient (Wildman–Crippen LogP) is 2.30. The number of ether oxygens (including phenoxy) is 3. The fourth-order valence-electron chi connectivity index (χ4n) is 2.21. The molecule has 3 rings (SSSR count). The number of carbonyl (C=O) groups is 1. The Bertz CT molecular complexity index is 817. The maximum atomic E-state index is 12.0. The lowest BCUT2D eigenvalue weighted by molar-refractivity contribution is 0.0450. The van der Waals surface area contributed by atoms with Crippen LogP contribution in [0.15, 0.2) is 54.9 Å². The van der Waals surface area contributed by atoms with Gasteiger partial charge < -0.3 is 14.2 Å². The van der Waals surface area contributed by atoms with Crippen LogP contribution in [0.5, 0.6) is 11.5 Å². The highest BCUT2D eigenvalue weighted by Gasteiger charge is 2.08. The molecule has 0 aliphatic rings. The molecule has 0 spiro atoms. The Labute approximate surface area is 150 Å². The van der Waals surface area contributed by atoms with Crippen LogP contribution in [0.2, 0.25) is 0 Å². The smallest absolute Gasteiger partial charge is 0.338 e. The van der Waals surface area contributed by atoms with Crippen molar-refractivity contribution in [3.8, 4) is 17.2 Å². The molecule has 26 heavy (non-hydrogen) atoms. The van der Waals surface area contributed by atoms with E-state index in [0.29, 0.717) is 17.9 Å². The van der Waals surface area contributed by atoms with E-state index >= 15 is 0 Å². The molecule has 8 heteroatoms. The second-order valence-electron chi connectivity index (χ2n) is 5.19. The van der Waals surface area contributed by atoms with Gasteiger partial charge in [-0.1, -0.05) is 0 Å². The number of hydrogen-bond acceptors (Lipinski definition) is 7. The molecule has 0 N–H and O–H groups in total. The van der Waals surface area contributed by atoms with Crippen LogP contribution in [0.3, 0.4) is 0 Å². The summed E-state index contributed by atoms with van der Waals surface area (Å²) in [6, 6.07) is 14.1. The Hall–Kier alpha value is -3.42. The molecule has 0 radical (unpaired) electrons. The van der Waals surface area contributed by atoms with Crippen LogP contribution < -0.4 is 9.47 Å². The van der Waals surface area contributed by atoms with Crippen LogP contribution in [-0.4, -0.2) is 46.0 Å². The number of benzene rings is 2. The van der Waals surface area contributed by atoms with E-state index < -0.39 is 5.97 Å². The zero-order chi connectivity index (χ0) is 18.2. The Kier molecular flexibility index (Phi) is 5.76. The molecule has 0 amide bonds.